The summed E-state index contributed by atoms with van der Waals surface area (Å²) in [6.07, 6.45) is 7.29. The lowest BCUT2D eigenvalue weighted by Crippen LogP contribution is -2.67. The van der Waals surface area contributed by atoms with E-state index in [2.05, 4.69) is 19.2 Å². The molecule has 1 amide bonds. The molecule has 1 N–H and O–H groups in total. The normalized spacial score (nSPS) is 38.3. The fraction of sp³-hybridized carbons (Fsp3) is 0.682. The van der Waals surface area contributed by atoms with Gasteiger partial charge in [-0.15, -0.1) is 0 Å². The molecule has 5 rings (SSSR count). The number of carbonyl (C=O) groups excluding carboxylic acids is 1. The van der Waals surface area contributed by atoms with Crippen LogP contribution in [-0.4, -0.2) is 17.0 Å². The molecule has 4 atom stereocenters. The van der Waals surface area contributed by atoms with Gasteiger partial charge in [0.05, 0.1) is 0 Å². The van der Waals surface area contributed by atoms with Crippen LogP contribution in [-0.2, 0) is 4.79 Å². The summed E-state index contributed by atoms with van der Waals surface area (Å²) in [4.78, 5) is 13.2. The Morgan fingerprint density at radius 2 is 1.65 bits per heavy atom. The van der Waals surface area contributed by atoms with E-state index in [4.69, 9.17) is 16.3 Å². The predicted octanol–water partition coefficient (Wildman–Crippen LogP) is 5.36. The summed E-state index contributed by atoms with van der Waals surface area (Å²) in [6.45, 7) is 8.54. The Hall–Kier alpha value is -1.22. The van der Waals surface area contributed by atoms with E-state index in [0.29, 0.717) is 21.6 Å². The number of ether oxygens (including phenoxy) is 1. The molecule has 0 aliphatic heterocycles. The van der Waals surface area contributed by atoms with Crippen LogP contribution in [0.1, 0.15) is 66.2 Å². The third-order valence-corrected chi connectivity index (χ3v) is 6.99. The highest BCUT2D eigenvalue weighted by Crippen LogP contribution is 2.66. The van der Waals surface area contributed by atoms with Gasteiger partial charge >= 0.3 is 0 Å². The molecule has 4 saturated carbocycles. The quantitative estimate of drug-likeness (QED) is 0.768. The number of nitrogens with one attached hydrogen (secondary N) is 1. The minimum atomic E-state index is -0.918. The highest BCUT2D eigenvalue weighted by atomic mass is 35.5. The lowest BCUT2D eigenvalue weighted by atomic mass is 9.42. The second-order valence-corrected chi connectivity index (χ2v) is 10.9. The van der Waals surface area contributed by atoms with Crippen LogP contribution < -0.4 is 10.1 Å². The molecule has 4 aliphatic rings. The summed E-state index contributed by atoms with van der Waals surface area (Å²) in [6, 6.07) is 7.19. The van der Waals surface area contributed by atoms with E-state index in [9.17, 15) is 4.79 Å². The van der Waals surface area contributed by atoms with Crippen molar-refractivity contribution in [2.75, 3.05) is 0 Å². The molecule has 142 valence electrons. The lowest BCUT2D eigenvalue weighted by molar-refractivity contribution is -0.150. The summed E-state index contributed by atoms with van der Waals surface area (Å²) in [5, 5.41) is 4.12. The third kappa shape index (κ3) is 3.24. The van der Waals surface area contributed by atoms with Gasteiger partial charge < -0.3 is 10.1 Å². The van der Waals surface area contributed by atoms with Gasteiger partial charge in [-0.05, 0) is 93.4 Å². The van der Waals surface area contributed by atoms with E-state index in [-0.39, 0.29) is 11.4 Å². The summed E-state index contributed by atoms with van der Waals surface area (Å²) in [7, 11) is 0. The standard InChI is InChI=1S/C22H30ClNO2/c1-19(2,26-17-7-5-16(23)6-8-17)18(25)24-22-11-15-9-20(3,13-22)12-21(4,10-15)14-22/h5-8,15H,9-14H2,1-4H3,(H,24,25)/t15?,20-,21+,22?. The van der Waals surface area contributed by atoms with Crippen molar-refractivity contribution in [2.45, 2.75) is 77.4 Å². The smallest absolute Gasteiger partial charge is 0.264 e. The fourth-order valence-electron chi connectivity index (χ4n) is 6.82. The summed E-state index contributed by atoms with van der Waals surface area (Å²) >= 11 is 5.94. The van der Waals surface area contributed by atoms with Gasteiger partial charge in [-0.2, -0.15) is 0 Å². The number of amides is 1. The Bertz CT molecular complexity index is 708. The molecule has 0 radical (unpaired) electrons. The zero-order chi connectivity index (χ0) is 18.8. The largest absolute Gasteiger partial charge is 0.478 e. The molecule has 4 fully saturated rings. The summed E-state index contributed by atoms with van der Waals surface area (Å²) in [5.41, 5.74) is -0.217. The van der Waals surface area contributed by atoms with Crippen molar-refractivity contribution < 1.29 is 9.53 Å². The molecule has 4 bridgehead atoms. The first-order valence-electron chi connectivity index (χ1n) is 9.78. The zero-order valence-corrected chi connectivity index (χ0v) is 17.1. The maximum Gasteiger partial charge on any atom is 0.264 e. The lowest BCUT2D eigenvalue weighted by Gasteiger charge is -2.65. The van der Waals surface area contributed by atoms with E-state index in [1.54, 1.807) is 12.1 Å². The Balaban J connectivity index is 1.51. The molecule has 26 heavy (non-hydrogen) atoms. The van der Waals surface area contributed by atoms with Crippen LogP contribution in [0.3, 0.4) is 0 Å². The third-order valence-electron chi connectivity index (χ3n) is 6.74. The molecule has 0 aromatic heterocycles. The molecule has 1 aromatic rings. The first kappa shape index (κ1) is 18.2. The van der Waals surface area contributed by atoms with Gasteiger partial charge in [0, 0.05) is 10.6 Å². The van der Waals surface area contributed by atoms with Gasteiger partial charge in [0.15, 0.2) is 5.60 Å². The van der Waals surface area contributed by atoms with Gasteiger partial charge in [0.25, 0.3) is 5.91 Å². The Morgan fingerprint density at radius 1 is 1.08 bits per heavy atom. The van der Waals surface area contributed by atoms with Crippen molar-refractivity contribution in [1.82, 2.24) is 5.32 Å². The highest BCUT2D eigenvalue weighted by Gasteiger charge is 2.61. The zero-order valence-electron chi connectivity index (χ0n) is 16.3. The van der Waals surface area contributed by atoms with Crippen LogP contribution in [0.5, 0.6) is 5.75 Å². The van der Waals surface area contributed by atoms with Gasteiger partial charge in [0.2, 0.25) is 0 Å². The van der Waals surface area contributed by atoms with Crippen molar-refractivity contribution >= 4 is 17.5 Å². The molecule has 4 heteroatoms. The van der Waals surface area contributed by atoms with Crippen LogP contribution in [0.2, 0.25) is 5.02 Å². The monoisotopic (exact) mass is 375 g/mol. The number of carbonyl (C=O) groups is 1. The number of halogens is 1. The fourth-order valence-corrected chi connectivity index (χ4v) is 6.95. The maximum absolute atomic E-state index is 13.2. The van der Waals surface area contributed by atoms with Gasteiger partial charge in [-0.25, -0.2) is 0 Å². The molecule has 2 unspecified atom stereocenters. The average molecular weight is 376 g/mol. The van der Waals surface area contributed by atoms with E-state index >= 15 is 0 Å². The van der Waals surface area contributed by atoms with Crippen molar-refractivity contribution in [1.29, 1.82) is 0 Å². The first-order chi connectivity index (χ1) is 12.0. The Kier molecular flexibility index (Phi) is 3.94. The van der Waals surface area contributed by atoms with Crippen LogP contribution >= 0.6 is 11.6 Å². The molecular formula is C22H30ClNO2. The van der Waals surface area contributed by atoms with Gasteiger partial charge in [-0.1, -0.05) is 25.4 Å². The van der Waals surface area contributed by atoms with E-state index < -0.39 is 5.60 Å². The molecule has 4 aliphatic carbocycles. The number of hydrogen-bond acceptors (Lipinski definition) is 2. The second-order valence-electron chi connectivity index (χ2n) is 10.4. The summed E-state index contributed by atoms with van der Waals surface area (Å²) < 4.78 is 6.01. The van der Waals surface area contributed by atoms with E-state index in [0.717, 1.165) is 25.2 Å². The van der Waals surface area contributed by atoms with Crippen LogP contribution in [0, 0.1) is 16.7 Å². The number of benzene rings is 1. The maximum atomic E-state index is 13.2. The average Bonchev–Trinajstić information content (AvgIpc) is 2.45. The minimum Gasteiger partial charge on any atom is -0.478 e. The molecule has 0 saturated heterocycles. The minimum absolute atomic E-state index is 0.0124. The Morgan fingerprint density at radius 3 is 2.19 bits per heavy atom. The highest BCUT2D eigenvalue weighted by molar-refractivity contribution is 6.30. The van der Waals surface area contributed by atoms with Gasteiger partial charge in [0.1, 0.15) is 5.75 Å². The molecule has 1 aromatic carbocycles. The molecular weight excluding hydrogens is 346 g/mol. The topological polar surface area (TPSA) is 38.3 Å². The molecule has 0 heterocycles. The summed E-state index contributed by atoms with van der Waals surface area (Å²) in [5.74, 6) is 1.41. The SMILES string of the molecule is CC(C)(Oc1ccc(Cl)cc1)C(=O)NC12CC3C[C@@](C)(C1)C[C@](C)(C3)C2. The van der Waals surface area contributed by atoms with E-state index in [1.807, 2.05) is 26.0 Å². The van der Waals surface area contributed by atoms with Crippen molar-refractivity contribution in [3.05, 3.63) is 29.3 Å². The van der Waals surface area contributed by atoms with Crippen LogP contribution in [0.25, 0.3) is 0 Å². The number of hydrogen-bond donors (Lipinski definition) is 1. The van der Waals surface area contributed by atoms with Crippen molar-refractivity contribution in [2.24, 2.45) is 16.7 Å². The number of rotatable bonds is 4. The van der Waals surface area contributed by atoms with E-state index in [1.165, 1.54) is 19.3 Å². The van der Waals surface area contributed by atoms with Crippen LogP contribution in [0.4, 0.5) is 0 Å². The first-order valence-corrected chi connectivity index (χ1v) is 10.2. The Labute approximate surface area is 161 Å². The van der Waals surface area contributed by atoms with Crippen LogP contribution in [0.15, 0.2) is 24.3 Å². The van der Waals surface area contributed by atoms with Crippen molar-refractivity contribution in [3.8, 4) is 5.75 Å². The van der Waals surface area contributed by atoms with Crippen molar-refractivity contribution in [3.63, 3.8) is 0 Å². The molecule has 3 nitrogen and oxygen atoms in total. The molecule has 0 spiro atoms. The van der Waals surface area contributed by atoms with Gasteiger partial charge in [-0.3, -0.25) is 4.79 Å². The predicted molar refractivity (Wildman–Crippen MR) is 104 cm³/mol. The second kappa shape index (κ2) is 5.64.